The first-order chi connectivity index (χ1) is 14.4. The lowest BCUT2D eigenvalue weighted by molar-refractivity contribution is -0.137. The third-order valence-electron chi connectivity index (χ3n) is 5.22. The zero-order valence-corrected chi connectivity index (χ0v) is 16.7. The van der Waals surface area contributed by atoms with Gasteiger partial charge in [0.25, 0.3) is 0 Å². The third kappa shape index (κ3) is 5.06. The molecule has 1 aliphatic heterocycles. The molecule has 0 atom stereocenters. The van der Waals surface area contributed by atoms with Crippen molar-refractivity contribution in [1.82, 2.24) is 20.0 Å². The summed E-state index contributed by atoms with van der Waals surface area (Å²) >= 11 is 0. The van der Waals surface area contributed by atoms with E-state index in [1.54, 1.807) is 6.07 Å². The molecule has 3 aromatic rings. The Hall–Kier alpha value is -2.71. The van der Waals surface area contributed by atoms with Crippen LogP contribution in [0.5, 0.6) is 0 Å². The topological polar surface area (TPSA) is 45.4 Å². The van der Waals surface area contributed by atoms with Crippen LogP contribution in [0.4, 0.5) is 13.2 Å². The molecular formula is C22H23F3N4O. The van der Waals surface area contributed by atoms with Gasteiger partial charge in [-0.2, -0.15) is 13.2 Å². The van der Waals surface area contributed by atoms with Gasteiger partial charge in [-0.1, -0.05) is 35.9 Å². The maximum absolute atomic E-state index is 12.9. The van der Waals surface area contributed by atoms with Crippen LogP contribution in [0.3, 0.4) is 0 Å². The molecule has 1 saturated heterocycles. The Morgan fingerprint density at radius 2 is 1.60 bits per heavy atom. The molecular weight excluding hydrogens is 393 g/mol. The van der Waals surface area contributed by atoms with E-state index in [0.29, 0.717) is 30.4 Å². The maximum Gasteiger partial charge on any atom is 0.416 e. The lowest BCUT2D eigenvalue weighted by Gasteiger charge is -2.34. The highest BCUT2D eigenvalue weighted by molar-refractivity contribution is 5.53. The summed E-state index contributed by atoms with van der Waals surface area (Å²) in [5.74, 6) is 1.08. The van der Waals surface area contributed by atoms with Crippen LogP contribution in [0.15, 0.2) is 52.9 Å². The second kappa shape index (κ2) is 8.57. The molecule has 0 unspecified atom stereocenters. The first kappa shape index (κ1) is 20.6. The van der Waals surface area contributed by atoms with Gasteiger partial charge in [-0.25, -0.2) is 0 Å². The summed E-state index contributed by atoms with van der Waals surface area (Å²) in [5.41, 5.74) is 2.11. The number of hydrogen-bond donors (Lipinski definition) is 0. The zero-order valence-electron chi connectivity index (χ0n) is 16.7. The summed E-state index contributed by atoms with van der Waals surface area (Å²) in [7, 11) is 0. The molecule has 1 fully saturated rings. The van der Waals surface area contributed by atoms with Gasteiger partial charge in [0, 0.05) is 38.3 Å². The molecule has 2 aromatic carbocycles. The van der Waals surface area contributed by atoms with Crippen LogP contribution in [0.1, 0.15) is 22.6 Å². The van der Waals surface area contributed by atoms with Crippen molar-refractivity contribution in [3.63, 3.8) is 0 Å². The monoisotopic (exact) mass is 416 g/mol. The number of alkyl halides is 3. The summed E-state index contributed by atoms with van der Waals surface area (Å²) in [6, 6.07) is 13.5. The summed E-state index contributed by atoms with van der Waals surface area (Å²) in [5, 5.41) is 8.30. The standard InChI is InChI=1S/C22H23F3N4O/c1-16-4-2-6-18(12-16)21-27-26-20(30-21)15-29-10-8-28(9-11-29)14-17-5-3-7-19(13-17)22(23,24)25/h2-7,12-13H,8-11,14-15H2,1H3. The van der Waals surface area contributed by atoms with Crippen LogP contribution in [0.25, 0.3) is 11.5 Å². The Kier molecular flexibility index (Phi) is 5.87. The minimum atomic E-state index is -4.31. The van der Waals surface area contributed by atoms with Crippen LogP contribution in [0.2, 0.25) is 0 Å². The summed E-state index contributed by atoms with van der Waals surface area (Å²) < 4.78 is 44.5. The van der Waals surface area contributed by atoms with E-state index in [1.165, 1.54) is 12.1 Å². The molecule has 0 spiro atoms. The van der Waals surface area contributed by atoms with Crippen molar-refractivity contribution in [3.05, 3.63) is 71.1 Å². The van der Waals surface area contributed by atoms with Gasteiger partial charge in [-0.3, -0.25) is 9.80 Å². The molecule has 0 radical (unpaired) electrons. The molecule has 1 aliphatic rings. The molecule has 2 heterocycles. The Balaban J connectivity index is 1.30. The SMILES string of the molecule is Cc1cccc(-c2nnc(CN3CCN(Cc4cccc(C(F)(F)F)c4)CC3)o2)c1. The fourth-order valence-electron chi connectivity index (χ4n) is 3.61. The number of nitrogens with zero attached hydrogens (tertiary/aromatic N) is 4. The Bertz CT molecular complexity index is 994. The lowest BCUT2D eigenvalue weighted by atomic mass is 10.1. The summed E-state index contributed by atoms with van der Waals surface area (Å²) in [4.78, 5) is 4.38. The van der Waals surface area contributed by atoms with Gasteiger partial charge in [0.2, 0.25) is 11.8 Å². The fourth-order valence-corrected chi connectivity index (χ4v) is 3.61. The van der Waals surface area contributed by atoms with E-state index in [4.69, 9.17) is 4.42 Å². The zero-order chi connectivity index (χ0) is 21.1. The first-order valence-corrected chi connectivity index (χ1v) is 9.87. The number of benzene rings is 2. The van der Waals surface area contributed by atoms with Crippen molar-refractivity contribution in [2.24, 2.45) is 0 Å². The predicted octanol–water partition coefficient (Wildman–Crippen LogP) is 4.38. The quantitative estimate of drug-likeness (QED) is 0.618. The van der Waals surface area contributed by atoms with E-state index >= 15 is 0 Å². The van der Waals surface area contributed by atoms with Gasteiger partial charge in [0.15, 0.2) is 0 Å². The van der Waals surface area contributed by atoms with Crippen molar-refractivity contribution >= 4 is 0 Å². The minimum Gasteiger partial charge on any atom is -0.419 e. The van der Waals surface area contributed by atoms with E-state index in [1.807, 2.05) is 31.2 Å². The Labute approximate surface area is 173 Å². The molecule has 0 bridgehead atoms. The molecule has 8 heteroatoms. The van der Waals surface area contributed by atoms with Crippen molar-refractivity contribution in [2.75, 3.05) is 26.2 Å². The Morgan fingerprint density at radius 3 is 2.30 bits per heavy atom. The largest absolute Gasteiger partial charge is 0.419 e. The second-order valence-corrected chi connectivity index (χ2v) is 7.62. The van der Waals surface area contributed by atoms with Crippen molar-refractivity contribution in [2.45, 2.75) is 26.2 Å². The van der Waals surface area contributed by atoms with Crippen LogP contribution in [-0.2, 0) is 19.3 Å². The number of hydrogen-bond acceptors (Lipinski definition) is 5. The van der Waals surface area contributed by atoms with Gasteiger partial charge in [-0.15, -0.1) is 10.2 Å². The number of halogens is 3. The molecule has 0 aliphatic carbocycles. The molecule has 5 nitrogen and oxygen atoms in total. The molecule has 0 saturated carbocycles. The lowest BCUT2D eigenvalue weighted by Crippen LogP contribution is -2.45. The Morgan fingerprint density at radius 1 is 0.900 bits per heavy atom. The summed E-state index contributed by atoms with van der Waals surface area (Å²) in [6.07, 6.45) is -4.31. The van der Waals surface area contributed by atoms with E-state index in [-0.39, 0.29) is 0 Å². The van der Waals surface area contributed by atoms with Crippen molar-refractivity contribution in [3.8, 4) is 11.5 Å². The number of aryl methyl sites for hydroxylation is 1. The predicted molar refractivity (Wildman–Crippen MR) is 106 cm³/mol. The molecule has 158 valence electrons. The van der Waals surface area contributed by atoms with Gasteiger partial charge < -0.3 is 4.42 Å². The van der Waals surface area contributed by atoms with Crippen LogP contribution in [0, 0.1) is 6.92 Å². The molecule has 0 N–H and O–H groups in total. The highest BCUT2D eigenvalue weighted by Crippen LogP contribution is 2.30. The smallest absolute Gasteiger partial charge is 0.416 e. The normalized spacial score (nSPS) is 16.1. The number of aromatic nitrogens is 2. The van der Waals surface area contributed by atoms with E-state index < -0.39 is 11.7 Å². The average molecular weight is 416 g/mol. The third-order valence-corrected chi connectivity index (χ3v) is 5.22. The highest BCUT2D eigenvalue weighted by Gasteiger charge is 2.30. The van der Waals surface area contributed by atoms with E-state index in [9.17, 15) is 13.2 Å². The molecule has 4 rings (SSSR count). The second-order valence-electron chi connectivity index (χ2n) is 7.62. The highest BCUT2D eigenvalue weighted by atomic mass is 19.4. The first-order valence-electron chi connectivity index (χ1n) is 9.87. The van der Waals surface area contributed by atoms with E-state index in [0.717, 1.165) is 43.4 Å². The number of piperazine rings is 1. The molecule has 30 heavy (non-hydrogen) atoms. The van der Waals surface area contributed by atoms with Crippen molar-refractivity contribution in [1.29, 1.82) is 0 Å². The summed E-state index contributed by atoms with van der Waals surface area (Å²) in [6.45, 7) is 6.22. The van der Waals surface area contributed by atoms with Crippen LogP contribution >= 0.6 is 0 Å². The minimum absolute atomic E-state index is 0.510. The van der Waals surface area contributed by atoms with Crippen molar-refractivity contribution < 1.29 is 17.6 Å². The average Bonchev–Trinajstić information content (AvgIpc) is 3.18. The van der Waals surface area contributed by atoms with Gasteiger partial charge in [0.05, 0.1) is 12.1 Å². The molecule has 1 aromatic heterocycles. The van der Waals surface area contributed by atoms with E-state index in [2.05, 4.69) is 20.0 Å². The van der Waals surface area contributed by atoms with Crippen LogP contribution < -0.4 is 0 Å². The maximum atomic E-state index is 12.9. The van der Waals surface area contributed by atoms with Gasteiger partial charge in [-0.05, 0) is 30.7 Å². The van der Waals surface area contributed by atoms with Gasteiger partial charge >= 0.3 is 6.18 Å². The fraction of sp³-hybridized carbons (Fsp3) is 0.364. The van der Waals surface area contributed by atoms with Gasteiger partial charge in [0.1, 0.15) is 0 Å². The van der Waals surface area contributed by atoms with Crippen LogP contribution in [-0.4, -0.2) is 46.2 Å². The number of rotatable bonds is 5. The molecule has 0 amide bonds.